The number of nitrogens with one attached hydrogen (secondary N) is 2. The molecule has 132 valence electrons. The van der Waals surface area contributed by atoms with Gasteiger partial charge in [-0.25, -0.2) is 8.78 Å². The second-order valence-corrected chi connectivity index (χ2v) is 6.30. The fraction of sp³-hybridized carbons (Fsp3) is 0.316. The van der Waals surface area contributed by atoms with Gasteiger partial charge < -0.3 is 16.4 Å². The van der Waals surface area contributed by atoms with Crippen molar-refractivity contribution in [3.8, 4) is 0 Å². The van der Waals surface area contributed by atoms with Crippen molar-refractivity contribution in [2.24, 2.45) is 5.73 Å². The van der Waals surface area contributed by atoms with Gasteiger partial charge >= 0.3 is 0 Å². The van der Waals surface area contributed by atoms with Gasteiger partial charge in [0.15, 0.2) is 11.6 Å². The van der Waals surface area contributed by atoms with Gasteiger partial charge in [-0.2, -0.15) is 0 Å². The van der Waals surface area contributed by atoms with Crippen LogP contribution >= 0.6 is 0 Å². The molecule has 3 atom stereocenters. The van der Waals surface area contributed by atoms with Gasteiger partial charge in [-0.05, 0) is 36.1 Å². The third kappa shape index (κ3) is 3.55. The van der Waals surface area contributed by atoms with Crippen LogP contribution in [-0.4, -0.2) is 18.5 Å². The number of carbonyl (C=O) groups is 1. The van der Waals surface area contributed by atoms with E-state index in [1.165, 1.54) is 6.07 Å². The number of fused-ring (bicyclic) bond motifs is 1. The number of carbonyl (C=O) groups excluding carboxylic acids is 1. The fourth-order valence-corrected chi connectivity index (χ4v) is 3.18. The molecule has 0 aliphatic carbocycles. The van der Waals surface area contributed by atoms with E-state index in [0.29, 0.717) is 18.5 Å². The SMILES string of the molecule is CC(NC(=O)C1NCCc2c1ccc(F)c2F)C(N)c1ccccc1. The molecule has 25 heavy (non-hydrogen) atoms. The largest absolute Gasteiger partial charge is 0.350 e. The molecule has 6 heteroatoms. The summed E-state index contributed by atoms with van der Waals surface area (Å²) in [5.41, 5.74) is 7.87. The van der Waals surface area contributed by atoms with Crippen LogP contribution in [0.3, 0.4) is 0 Å². The summed E-state index contributed by atoms with van der Waals surface area (Å²) < 4.78 is 27.4. The predicted molar refractivity (Wildman–Crippen MR) is 91.8 cm³/mol. The van der Waals surface area contributed by atoms with Crippen molar-refractivity contribution >= 4 is 5.91 Å². The predicted octanol–water partition coefficient (Wildman–Crippen LogP) is 2.36. The van der Waals surface area contributed by atoms with E-state index in [1.54, 1.807) is 0 Å². The van der Waals surface area contributed by atoms with Crippen LogP contribution in [-0.2, 0) is 11.2 Å². The lowest BCUT2D eigenvalue weighted by atomic mass is 9.92. The minimum Gasteiger partial charge on any atom is -0.350 e. The standard InChI is InChI=1S/C19H21F2N3O/c1-11(17(22)12-5-3-2-4-6-12)24-19(25)18-14-7-8-15(20)16(21)13(14)9-10-23-18/h2-8,11,17-18,23H,9-10,22H2,1H3,(H,24,25). The highest BCUT2D eigenvalue weighted by Gasteiger charge is 2.30. The summed E-state index contributed by atoms with van der Waals surface area (Å²) in [6.45, 7) is 2.23. The van der Waals surface area contributed by atoms with Gasteiger partial charge in [-0.1, -0.05) is 36.4 Å². The molecule has 1 aliphatic rings. The smallest absolute Gasteiger partial charge is 0.242 e. The molecule has 0 fully saturated rings. The Morgan fingerprint density at radius 1 is 1.24 bits per heavy atom. The van der Waals surface area contributed by atoms with Gasteiger partial charge in [0, 0.05) is 18.6 Å². The normalized spacial score (nSPS) is 19.0. The van der Waals surface area contributed by atoms with Crippen molar-refractivity contribution in [3.63, 3.8) is 0 Å². The molecule has 3 rings (SSSR count). The minimum absolute atomic E-state index is 0.263. The van der Waals surface area contributed by atoms with E-state index in [1.807, 2.05) is 37.3 Å². The zero-order chi connectivity index (χ0) is 18.0. The highest BCUT2D eigenvalue weighted by atomic mass is 19.2. The molecule has 3 unspecified atom stereocenters. The Morgan fingerprint density at radius 2 is 1.96 bits per heavy atom. The Morgan fingerprint density at radius 3 is 2.68 bits per heavy atom. The van der Waals surface area contributed by atoms with Crippen molar-refractivity contribution in [1.82, 2.24) is 10.6 Å². The first-order valence-corrected chi connectivity index (χ1v) is 8.30. The minimum atomic E-state index is -0.890. The van der Waals surface area contributed by atoms with E-state index in [4.69, 9.17) is 5.73 Å². The number of nitrogens with two attached hydrogens (primary N) is 1. The molecule has 2 aromatic rings. The number of hydrogen-bond acceptors (Lipinski definition) is 3. The molecule has 1 aliphatic heterocycles. The topological polar surface area (TPSA) is 67.2 Å². The van der Waals surface area contributed by atoms with E-state index in [-0.39, 0.29) is 23.6 Å². The van der Waals surface area contributed by atoms with Crippen LogP contribution in [0.25, 0.3) is 0 Å². The molecule has 1 amide bonds. The van der Waals surface area contributed by atoms with Gasteiger partial charge in [0.2, 0.25) is 5.91 Å². The van der Waals surface area contributed by atoms with Gasteiger partial charge in [-0.15, -0.1) is 0 Å². The lowest BCUT2D eigenvalue weighted by Gasteiger charge is -2.29. The molecule has 1 heterocycles. The number of amides is 1. The van der Waals surface area contributed by atoms with Gasteiger partial charge in [0.1, 0.15) is 6.04 Å². The quantitative estimate of drug-likeness (QED) is 0.797. The maximum absolute atomic E-state index is 14.0. The maximum atomic E-state index is 14.0. The zero-order valence-electron chi connectivity index (χ0n) is 13.9. The Kier molecular flexibility index (Phi) is 5.11. The molecule has 4 N–H and O–H groups in total. The van der Waals surface area contributed by atoms with Gasteiger partial charge in [0.25, 0.3) is 0 Å². The van der Waals surface area contributed by atoms with Crippen molar-refractivity contribution < 1.29 is 13.6 Å². The Bertz CT molecular complexity index is 767. The van der Waals surface area contributed by atoms with Crippen molar-refractivity contribution in [2.75, 3.05) is 6.54 Å². The lowest BCUT2D eigenvalue weighted by molar-refractivity contribution is -0.124. The molecular formula is C19H21F2N3O. The van der Waals surface area contributed by atoms with E-state index in [0.717, 1.165) is 11.6 Å². The third-order valence-electron chi connectivity index (χ3n) is 4.62. The Balaban J connectivity index is 1.76. The zero-order valence-corrected chi connectivity index (χ0v) is 13.9. The van der Waals surface area contributed by atoms with Crippen LogP contribution < -0.4 is 16.4 Å². The van der Waals surface area contributed by atoms with E-state index >= 15 is 0 Å². The maximum Gasteiger partial charge on any atom is 0.242 e. The monoisotopic (exact) mass is 345 g/mol. The van der Waals surface area contributed by atoms with E-state index < -0.39 is 17.7 Å². The molecular weight excluding hydrogens is 324 g/mol. The Hall–Kier alpha value is -2.31. The molecule has 0 bridgehead atoms. The number of halogens is 2. The van der Waals surface area contributed by atoms with Gasteiger partial charge in [0.05, 0.1) is 0 Å². The molecule has 2 aromatic carbocycles. The van der Waals surface area contributed by atoms with E-state index in [9.17, 15) is 13.6 Å². The average molecular weight is 345 g/mol. The summed E-state index contributed by atoms with van der Waals surface area (Å²) in [7, 11) is 0. The second-order valence-electron chi connectivity index (χ2n) is 6.30. The summed E-state index contributed by atoms with van der Waals surface area (Å²) in [6, 6.07) is 10.6. The van der Waals surface area contributed by atoms with Crippen molar-refractivity contribution in [3.05, 3.63) is 70.8 Å². The molecule has 0 aromatic heterocycles. The highest BCUT2D eigenvalue weighted by Crippen LogP contribution is 2.27. The lowest BCUT2D eigenvalue weighted by Crippen LogP contribution is -2.47. The fourth-order valence-electron chi connectivity index (χ4n) is 3.18. The Labute approximate surface area is 145 Å². The molecule has 0 spiro atoms. The highest BCUT2D eigenvalue weighted by molar-refractivity contribution is 5.84. The number of benzene rings is 2. The molecule has 0 radical (unpaired) electrons. The summed E-state index contributed by atoms with van der Waals surface area (Å²) in [4.78, 5) is 12.7. The van der Waals surface area contributed by atoms with Crippen LogP contribution in [0.5, 0.6) is 0 Å². The van der Waals surface area contributed by atoms with Crippen LogP contribution in [0, 0.1) is 11.6 Å². The molecule has 0 saturated heterocycles. The van der Waals surface area contributed by atoms with Crippen molar-refractivity contribution in [2.45, 2.75) is 31.5 Å². The van der Waals surface area contributed by atoms with Crippen LogP contribution in [0.4, 0.5) is 8.78 Å². The second kappa shape index (κ2) is 7.29. The third-order valence-corrected chi connectivity index (χ3v) is 4.62. The average Bonchev–Trinajstić information content (AvgIpc) is 2.64. The van der Waals surface area contributed by atoms with Crippen molar-refractivity contribution in [1.29, 1.82) is 0 Å². The van der Waals surface area contributed by atoms with Crippen LogP contribution in [0.15, 0.2) is 42.5 Å². The van der Waals surface area contributed by atoms with Crippen LogP contribution in [0.2, 0.25) is 0 Å². The van der Waals surface area contributed by atoms with Gasteiger partial charge in [-0.3, -0.25) is 4.79 Å². The summed E-state index contributed by atoms with van der Waals surface area (Å²) in [6.07, 6.45) is 0.349. The summed E-state index contributed by atoms with van der Waals surface area (Å²) >= 11 is 0. The first kappa shape index (κ1) is 17.5. The first-order valence-electron chi connectivity index (χ1n) is 8.30. The molecule has 4 nitrogen and oxygen atoms in total. The number of hydrogen-bond donors (Lipinski definition) is 3. The summed E-state index contributed by atoms with van der Waals surface area (Å²) in [5, 5.41) is 5.94. The molecule has 0 saturated carbocycles. The first-order chi connectivity index (χ1) is 12.0. The van der Waals surface area contributed by atoms with E-state index in [2.05, 4.69) is 10.6 Å². The van der Waals surface area contributed by atoms with Crippen LogP contribution in [0.1, 0.15) is 35.7 Å². The summed E-state index contributed by atoms with van der Waals surface area (Å²) in [5.74, 6) is -2.06. The number of rotatable bonds is 4.